The number of nitrogens with one attached hydrogen (secondary N) is 1. The minimum atomic E-state index is 0.491. The zero-order valence-electron chi connectivity index (χ0n) is 9.98. The fraction of sp³-hybridized carbons (Fsp3) is 0.500. The quantitative estimate of drug-likeness (QED) is 0.710. The SMILES string of the molecule is COCC1=NN=C(c2cc(C)n(C)n2)[NH+]1C. The molecule has 16 heavy (non-hydrogen) atoms. The Morgan fingerprint density at radius 3 is 2.75 bits per heavy atom. The molecule has 6 nitrogen and oxygen atoms in total. The largest absolute Gasteiger partial charge is 0.372 e. The molecule has 0 saturated heterocycles. The fourth-order valence-electron chi connectivity index (χ4n) is 1.59. The number of ether oxygens (including phenoxy) is 1. The van der Waals surface area contributed by atoms with Gasteiger partial charge in [0.15, 0.2) is 5.69 Å². The third kappa shape index (κ3) is 1.77. The van der Waals surface area contributed by atoms with E-state index in [1.165, 1.54) is 0 Å². The number of quaternary nitrogens is 1. The number of hydrogen-bond donors (Lipinski definition) is 1. The fourth-order valence-corrected chi connectivity index (χ4v) is 1.59. The first-order valence-electron chi connectivity index (χ1n) is 5.12. The molecule has 0 aliphatic carbocycles. The van der Waals surface area contributed by atoms with Crippen molar-refractivity contribution in [1.82, 2.24) is 9.78 Å². The number of aryl methyl sites for hydroxylation is 2. The second-order valence-corrected chi connectivity index (χ2v) is 3.85. The summed E-state index contributed by atoms with van der Waals surface area (Å²) in [6.07, 6.45) is 0. The van der Waals surface area contributed by atoms with Crippen molar-refractivity contribution in [2.45, 2.75) is 6.92 Å². The molecule has 2 heterocycles. The Morgan fingerprint density at radius 1 is 1.44 bits per heavy atom. The van der Waals surface area contributed by atoms with Gasteiger partial charge in [-0.05, 0) is 13.0 Å². The molecule has 0 amide bonds. The van der Waals surface area contributed by atoms with Crippen LogP contribution in [0.5, 0.6) is 0 Å². The number of nitrogens with zero attached hydrogens (tertiary/aromatic N) is 4. The molecule has 0 saturated carbocycles. The second kappa shape index (κ2) is 4.15. The molecule has 0 aromatic carbocycles. The molecule has 0 bridgehead atoms. The Kier molecular flexibility index (Phi) is 2.84. The monoisotopic (exact) mass is 222 g/mol. The molecule has 1 unspecified atom stereocenters. The summed E-state index contributed by atoms with van der Waals surface area (Å²) in [6, 6.07) is 2.01. The van der Waals surface area contributed by atoms with E-state index >= 15 is 0 Å². The highest BCUT2D eigenvalue weighted by molar-refractivity contribution is 5.99. The Bertz CT molecular complexity index is 440. The van der Waals surface area contributed by atoms with Crippen molar-refractivity contribution in [1.29, 1.82) is 0 Å². The van der Waals surface area contributed by atoms with Gasteiger partial charge in [-0.3, -0.25) is 4.68 Å². The van der Waals surface area contributed by atoms with E-state index in [1.54, 1.807) is 7.11 Å². The van der Waals surface area contributed by atoms with Crippen molar-refractivity contribution in [3.05, 3.63) is 17.5 Å². The van der Waals surface area contributed by atoms with Crippen LogP contribution in [0.25, 0.3) is 0 Å². The van der Waals surface area contributed by atoms with E-state index in [2.05, 4.69) is 15.3 Å². The van der Waals surface area contributed by atoms with Crippen LogP contribution in [0.4, 0.5) is 0 Å². The van der Waals surface area contributed by atoms with Crippen LogP contribution < -0.4 is 4.90 Å². The van der Waals surface area contributed by atoms with Crippen LogP contribution in [-0.2, 0) is 11.8 Å². The highest BCUT2D eigenvalue weighted by atomic mass is 16.5. The van der Waals surface area contributed by atoms with Gasteiger partial charge >= 0.3 is 0 Å². The summed E-state index contributed by atoms with van der Waals surface area (Å²) in [6.45, 7) is 2.50. The van der Waals surface area contributed by atoms with Crippen molar-refractivity contribution < 1.29 is 9.64 Å². The molecule has 0 fully saturated rings. The van der Waals surface area contributed by atoms with Gasteiger partial charge < -0.3 is 4.74 Å². The maximum Gasteiger partial charge on any atom is 0.279 e. The molecule has 1 N–H and O–H groups in total. The Labute approximate surface area is 94.2 Å². The molecule has 1 aliphatic heterocycles. The van der Waals surface area contributed by atoms with Crippen LogP contribution in [0.1, 0.15) is 11.4 Å². The highest BCUT2D eigenvalue weighted by Gasteiger charge is 2.28. The summed E-state index contributed by atoms with van der Waals surface area (Å²) < 4.78 is 6.89. The minimum absolute atomic E-state index is 0.491. The zero-order valence-corrected chi connectivity index (χ0v) is 9.98. The van der Waals surface area contributed by atoms with Gasteiger partial charge in [-0.15, -0.1) is 0 Å². The van der Waals surface area contributed by atoms with Crippen LogP contribution >= 0.6 is 0 Å². The first-order valence-corrected chi connectivity index (χ1v) is 5.12. The minimum Gasteiger partial charge on any atom is -0.372 e. The van der Waals surface area contributed by atoms with Gasteiger partial charge in [-0.25, -0.2) is 4.90 Å². The molecule has 1 atom stereocenters. The lowest BCUT2D eigenvalue weighted by molar-refractivity contribution is -0.673. The summed E-state index contributed by atoms with van der Waals surface area (Å²) in [5, 5.41) is 12.6. The topological polar surface area (TPSA) is 56.2 Å². The van der Waals surface area contributed by atoms with Gasteiger partial charge in [0.1, 0.15) is 6.61 Å². The third-order valence-electron chi connectivity index (χ3n) is 2.70. The maximum absolute atomic E-state index is 5.06. The summed E-state index contributed by atoms with van der Waals surface area (Å²) in [5.74, 6) is 1.72. The number of aromatic nitrogens is 2. The summed E-state index contributed by atoms with van der Waals surface area (Å²) >= 11 is 0. The van der Waals surface area contributed by atoms with Gasteiger partial charge in [0.25, 0.3) is 11.7 Å². The van der Waals surface area contributed by atoms with Crippen molar-refractivity contribution in [3.63, 3.8) is 0 Å². The van der Waals surface area contributed by atoms with Crippen LogP contribution in [0.2, 0.25) is 0 Å². The molecule has 0 radical (unpaired) electrons. The number of hydrogen-bond acceptors (Lipinski definition) is 4. The van der Waals surface area contributed by atoms with Crippen LogP contribution in [0.3, 0.4) is 0 Å². The Hall–Kier alpha value is -1.53. The predicted molar refractivity (Wildman–Crippen MR) is 60.7 cm³/mol. The van der Waals surface area contributed by atoms with Gasteiger partial charge in [0, 0.05) is 19.9 Å². The van der Waals surface area contributed by atoms with E-state index in [1.807, 2.05) is 31.8 Å². The van der Waals surface area contributed by atoms with E-state index in [-0.39, 0.29) is 0 Å². The van der Waals surface area contributed by atoms with Crippen molar-refractivity contribution in [3.8, 4) is 0 Å². The summed E-state index contributed by atoms with van der Waals surface area (Å²) in [4.78, 5) is 1.04. The lowest BCUT2D eigenvalue weighted by Crippen LogP contribution is -3.13. The normalized spacial score (nSPS) is 19.9. The lowest BCUT2D eigenvalue weighted by atomic mass is 10.3. The maximum atomic E-state index is 5.06. The van der Waals surface area contributed by atoms with E-state index in [0.29, 0.717) is 6.61 Å². The van der Waals surface area contributed by atoms with Gasteiger partial charge in [-0.1, -0.05) is 10.2 Å². The molecule has 1 aliphatic rings. The standard InChI is InChI=1S/C10H15N5O/c1-7-5-8(13-15(7)3)10-12-11-9(6-16-4)14(10)2/h5H,6H2,1-4H3/p+1. The molecule has 1 aromatic heterocycles. The molecule has 2 rings (SSSR count). The first-order chi connectivity index (χ1) is 7.63. The molecular weight excluding hydrogens is 206 g/mol. The van der Waals surface area contributed by atoms with Gasteiger partial charge in [-0.2, -0.15) is 5.10 Å². The Balaban J connectivity index is 2.20. The van der Waals surface area contributed by atoms with E-state index in [4.69, 9.17) is 4.74 Å². The van der Waals surface area contributed by atoms with Gasteiger partial charge in [0.2, 0.25) is 0 Å². The average molecular weight is 222 g/mol. The molecule has 1 aromatic rings. The first kappa shape index (κ1) is 11.0. The molecular formula is C10H16N5O+. The Morgan fingerprint density at radius 2 is 2.19 bits per heavy atom. The van der Waals surface area contributed by atoms with E-state index in [9.17, 15) is 0 Å². The predicted octanol–water partition coefficient (Wildman–Crippen LogP) is -1.04. The molecule has 86 valence electrons. The lowest BCUT2D eigenvalue weighted by Gasteiger charge is -2.07. The number of methoxy groups -OCH3 is 1. The van der Waals surface area contributed by atoms with Gasteiger partial charge in [0.05, 0.1) is 7.05 Å². The highest BCUT2D eigenvalue weighted by Crippen LogP contribution is 2.02. The summed E-state index contributed by atoms with van der Waals surface area (Å²) in [7, 11) is 5.56. The number of likely N-dealkylation sites (N-methyl/N-ethyl adjacent to an activating group) is 1. The van der Waals surface area contributed by atoms with Crippen LogP contribution in [0, 0.1) is 6.92 Å². The van der Waals surface area contributed by atoms with Crippen LogP contribution in [-0.4, -0.2) is 42.2 Å². The van der Waals surface area contributed by atoms with Crippen LogP contribution in [0.15, 0.2) is 16.3 Å². The molecule has 6 heteroatoms. The van der Waals surface area contributed by atoms with Crippen molar-refractivity contribution in [2.24, 2.45) is 17.3 Å². The number of rotatable bonds is 3. The van der Waals surface area contributed by atoms with E-state index < -0.39 is 0 Å². The van der Waals surface area contributed by atoms with Crippen molar-refractivity contribution >= 4 is 11.7 Å². The summed E-state index contributed by atoms with van der Waals surface area (Å²) in [5.41, 5.74) is 1.97. The van der Waals surface area contributed by atoms with Crippen molar-refractivity contribution in [2.75, 3.05) is 20.8 Å². The number of amidine groups is 2. The smallest absolute Gasteiger partial charge is 0.279 e. The second-order valence-electron chi connectivity index (χ2n) is 3.85. The zero-order chi connectivity index (χ0) is 11.7. The molecule has 0 spiro atoms. The van der Waals surface area contributed by atoms with E-state index in [0.717, 1.165) is 28.0 Å². The third-order valence-corrected chi connectivity index (χ3v) is 2.70. The average Bonchev–Trinajstić information content (AvgIpc) is 2.74.